The van der Waals surface area contributed by atoms with Crippen LogP contribution in [0, 0.1) is 0 Å². The highest BCUT2D eigenvalue weighted by Crippen LogP contribution is 2.21. The summed E-state index contributed by atoms with van der Waals surface area (Å²) in [5, 5.41) is 3.14. The first kappa shape index (κ1) is 10.8. The van der Waals surface area contributed by atoms with E-state index in [1.54, 1.807) is 0 Å². The van der Waals surface area contributed by atoms with Crippen molar-refractivity contribution in [3.63, 3.8) is 0 Å². The number of nitrogens with one attached hydrogen (secondary N) is 1. The number of anilines is 1. The summed E-state index contributed by atoms with van der Waals surface area (Å²) in [7, 11) is 0. The van der Waals surface area contributed by atoms with Gasteiger partial charge in [0.05, 0.1) is 0 Å². The number of hydrogen-bond donors (Lipinski definition) is 3. The third-order valence-electron chi connectivity index (χ3n) is 2.82. The normalized spacial score (nSPS) is 24.3. The topological polar surface area (TPSA) is 107 Å². The molecular weight excluding hydrogens is 206 g/mol. The second-order valence-electron chi connectivity index (χ2n) is 3.96. The van der Waals surface area contributed by atoms with Crippen LogP contribution in [0.4, 0.5) is 5.82 Å². The number of carbonyl (C=O) groups is 1. The van der Waals surface area contributed by atoms with E-state index in [0.29, 0.717) is 5.82 Å². The zero-order valence-electron chi connectivity index (χ0n) is 8.89. The Bertz CT molecular complexity index is 395. The molecule has 0 aliphatic heterocycles. The average Bonchev–Trinajstić information content (AvgIpc) is 2.65. The van der Waals surface area contributed by atoms with Crippen molar-refractivity contribution in [3.05, 3.63) is 18.1 Å². The van der Waals surface area contributed by atoms with E-state index in [4.69, 9.17) is 11.5 Å². The van der Waals surface area contributed by atoms with Crippen molar-refractivity contribution in [2.45, 2.75) is 31.3 Å². The molecule has 0 bridgehead atoms. The molecule has 0 aromatic carbocycles. The molecule has 6 heteroatoms. The largest absolute Gasteiger partial charge is 0.364 e. The molecule has 1 aromatic heterocycles. The summed E-state index contributed by atoms with van der Waals surface area (Å²) in [5.41, 5.74) is 11.3. The molecule has 0 saturated heterocycles. The molecule has 1 fully saturated rings. The minimum Gasteiger partial charge on any atom is -0.364 e. The number of primary amides is 1. The molecule has 1 amide bonds. The van der Waals surface area contributed by atoms with E-state index in [0.717, 1.165) is 19.3 Å². The lowest BCUT2D eigenvalue weighted by atomic mass is 10.2. The van der Waals surface area contributed by atoms with Crippen LogP contribution >= 0.6 is 0 Å². The van der Waals surface area contributed by atoms with Gasteiger partial charge in [-0.1, -0.05) is 0 Å². The average molecular weight is 221 g/mol. The van der Waals surface area contributed by atoms with Gasteiger partial charge in [-0.3, -0.25) is 4.79 Å². The summed E-state index contributed by atoms with van der Waals surface area (Å²) in [6, 6.07) is 0.248. The smallest absolute Gasteiger partial charge is 0.271 e. The van der Waals surface area contributed by atoms with Gasteiger partial charge in [0.25, 0.3) is 5.91 Å². The quantitative estimate of drug-likeness (QED) is 0.659. The molecule has 16 heavy (non-hydrogen) atoms. The second-order valence-corrected chi connectivity index (χ2v) is 3.96. The second kappa shape index (κ2) is 4.44. The van der Waals surface area contributed by atoms with Gasteiger partial charge >= 0.3 is 0 Å². The number of aromatic nitrogens is 2. The Kier molecular flexibility index (Phi) is 3.00. The minimum absolute atomic E-state index is 0.0998. The van der Waals surface area contributed by atoms with Crippen molar-refractivity contribution < 1.29 is 4.79 Å². The van der Waals surface area contributed by atoms with Crippen LogP contribution in [0.15, 0.2) is 12.4 Å². The molecule has 1 aliphatic carbocycles. The highest BCUT2D eigenvalue weighted by atomic mass is 16.1. The monoisotopic (exact) mass is 221 g/mol. The van der Waals surface area contributed by atoms with Gasteiger partial charge in [-0.2, -0.15) is 0 Å². The fraction of sp³-hybridized carbons (Fsp3) is 0.500. The first-order valence-corrected chi connectivity index (χ1v) is 5.31. The van der Waals surface area contributed by atoms with Gasteiger partial charge in [-0.25, -0.2) is 9.97 Å². The van der Waals surface area contributed by atoms with Crippen LogP contribution in [0.5, 0.6) is 0 Å². The molecule has 6 nitrogen and oxygen atoms in total. The van der Waals surface area contributed by atoms with E-state index >= 15 is 0 Å². The lowest BCUT2D eigenvalue weighted by Crippen LogP contribution is -2.36. The Labute approximate surface area is 93.4 Å². The van der Waals surface area contributed by atoms with Gasteiger partial charge in [-0.05, 0) is 19.3 Å². The third-order valence-corrected chi connectivity index (χ3v) is 2.82. The zero-order chi connectivity index (χ0) is 11.5. The molecule has 2 atom stereocenters. The van der Waals surface area contributed by atoms with Gasteiger partial charge < -0.3 is 16.8 Å². The minimum atomic E-state index is -0.581. The summed E-state index contributed by atoms with van der Waals surface area (Å²) >= 11 is 0. The number of hydrogen-bond acceptors (Lipinski definition) is 5. The van der Waals surface area contributed by atoms with Gasteiger partial charge in [0.15, 0.2) is 11.5 Å². The molecule has 86 valence electrons. The van der Waals surface area contributed by atoms with E-state index < -0.39 is 5.91 Å². The molecular formula is C10H15N5O. The van der Waals surface area contributed by atoms with Gasteiger partial charge in [-0.15, -0.1) is 0 Å². The molecule has 1 aliphatic rings. The number of carbonyl (C=O) groups excluding carboxylic acids is 1. The van der Waals surface area contributed by atoms with Crippen LogP contribution < -0.4 is 16.8 Å². The van der Waals surface area contributed by atoms with Gasteiger partial charge in [0.2, 0.25) is 0 Å². The van der Waals surface area contributed by atoms with E-state index in [2.05, 4.69) is 15.3 Å². The van der Waals surface area contributed by atoms with E-state index in [1.165, 1.54) is 12.4 Å². The maximum absolute atomic E-state index is 11.1. The molecule has 0 radical (unpaired) electrons. The number of rotatable bonds is 3. The van der Waals surface area contributed by atoms with Crippen molar-refractivity contribution in [1.29, 1.82) is 0 Å². The first-order chi connectivity index (χ1) is 7.68. The fourth-order valence-electron chi connectivity index (χ4n) is 1.97. The summed E-state index contributed by atoms with van der Waals surface area (Å²) in [5.74, 6) is -0.153. The van der Waals surface area contributed by atoms with Crippen molar-refractivity contribution in [3.8, 4) is 0 Å². The molecule has 1 heterocycles. The van der Waals surface area contributed by atoms with Gasteiger partial charge in [0, 0.05) is 24.5 Å². The third kappa shape index (κ3) is 2.11. The maximum atomic E-state index is 11.1. The lowest BCUT2D eigenvalue weighted by Gasteiger charge is -2.18. The standard InChI is InChI=1S/C10H15N5O/c11-6-2-1-3-7(6)15-10-8(9(12)16)13-4-5-14-10/h4-7H,1-3,11H2,(H2,12,16)(H,14,15). The van der Waals surface area contributed by atoms with Crippen molar-refractivity contribution in [1.82, 2.24) is 9.97 Å². The number of nitrogens with zero attached hydrogens (tertiary/aromatic N) is 2. The van der Waals surface area contributed by atoms with E-state index in [1.807, 2.05) is 0 Å². The van der Waals surface area contributed by atoms with Crippen LogP contribution in [0.3, 0.4) is 0 Å². The fourth-order valence-corrected chi connectivity index (χ4v) is 1.97. The van der Waals surface area contributed by atoms with Gasteiger partial charge in [0.1, 0.15) is 0 Å². The predicted molar refractivity (Wildman–Crippen MR) is 59.8 cm³/mol. The highest BCUT2D eigenvalue weighted by Gasteiger charge is 2.25. The molecule has 2 rings (SSSR count). The van der Waals surface area contributed by atoms with Crippen LogP contribution in [-0.4, -0.2) is 28.0 Å². The highest BCUT2D eigenvalue weighted by molar-refractivity contribution is 5.95. The number of nitrogens with two attached hydrogens (primary N) is 2. The zero-order valence-corrected chi connectivity index (χ0v) is 8.89. The summed E-state index contributed by atoms with van der Waals surface area (Å²) in [4.78, 5) is 19.1. The van der Waals surface area contributed by atoms with Crippen LogP contribution in [0.25, 0.3) is 0 Å². The van der Waals surface area contributed by atoms with Crippen molar-refractivity contribution in [2.75, 3.05) is 5.32 Å². The Morgan fingerprint density at radius 2 is 2.12 bits per heavy atom. The molecule has 5 N–H and O–H groups in total. The maximum Gasteiger partial charge on any atom is 0.271 e. The predicted octanol–water partition coefficient (Wildman–Crippen LogP) is -0.133. The van der Waals surface area contributed by atoms with E-state index in [9.17, 15) is 4.79 Å². The Morgan fingerprint density at radius 3 is 2.75 bits per heavy atom. The lowest BCUT2D eigenvalue weighted by molar-refractivity contribution is 0.0996. The van der Waals surface area contributed by atoms with Crippen molar-refractivity contribution in [2.24, 2.45) is 11.5 Å². The Morgan fingerprint density at radius 1 is 1.38 bits per heavy atom. The van der Waals surface area contributed by atoms with Crippen LogP contribution in [0.2, 0.25) is 0 Å². The Balaban J connectivity index is 2.17. The summed E-state index contributed by atoms with van der Waals surface area (Å²) in [6.07, 6.45) is 6.03. The van der Waals surface area contributed by atoms with E-state index in [-0.39, 0.29) is 17.8 Å². The summed E-state index contributed by atoms with van der Waals surface area (Å²) < 4.78 is 0. The molecule has 2 unspecified atom stereocenters. The SMILES string of the molecule is NC(=O)c1nccnc1NC1CCCC1N. The molecule has 1 aromatic rings. The van der Waals surface area contributed by atoms with Crippen molar-refractivity contribution >= 4 is 11.7 Å². The summed E-state index contributed by atoms with van der Waals surface area (Å²) in [6.45, 7) is 0. The molecule has 0 spiro atoms. The number of amides is 1. The molecule has 1 saturated carbocycles. The first-order valence-electron chi connectivity index (χ1n) is 5.31. The van der Waals surface area contributed by atoms with Crippen LogP contribution in [0.1, 0.15) is 29.8 Å². The van der Waals surface area contributed by atoms with Crippen LogP contribution in [-0.2, 0) is 0 Å². The Hall–Kier alpha value is -1.69.